The molecule has 1 aromatic heterocycles. The van der Waals surface area contributed by atoms with Gasteiger partial charge in [-0.2, -0.15) is 0 Å². The van der Waals surface area contributed by atoms with Crippen molar-refractivity contribution < 1.29 is 9.53 Å². The van der Waals surface area contributed by atoms with Crippen molar-refractivity contribution in [3.8, 4) is 5.75 Å². The van der Waals surface area contributed by atoms with Gasteiger partial charge in [0, 0.05) is 19.5 Å². The highest BCUT2D eigenvalue weighted by Gasteiger charge is 2.09. The van der Waals surface area contributed by atoms with Crippen molar-refractivity contribution in [3.63, 3.8) is 0 Å². The molecule has 0 unspecified atom stereocenters. The first-order valence-corrected chi connectivity index (χ1v) is 9.08. The molecular weight excluding hydrogens is 326 g/mol. The van der Waals surface area contributed by atoms with Gasteiger partial charge >= 0.3 is 0 Å². The van der Waals surface area contributed by atoms with E-state index in [0.29, 0.717) is 13.2 Å². The molecule has 0 fully saturated rings. The number of nitrogens with zero attached hydrogens (tertiary/aromatic N) is 2. The van der Waals surface area contributed by atoms with Gasteiger partial charge in [-0.15, -0.1) is 0 Å². The van der Waals surface area contributed by atoms with Gasteiger partial charge < -0.3 is 14.6 Å². The van der Waals surface area contributed by atoms with Crippen LogP contribution in [0.15, 0.2) is 48.5 Å². The highest BCUT2D eigenvalue weighted by Crippen LogP contribution is 2.18. The van der Waals surface area contributed by atoms with E-state index < -0.39 is 0 Å². The molecule has 0 aliphatic rings. The van der Waals surface area contributed by atoms with Gasteiger partial charge in [0.2, 0.25) is 6.41 Å². The Morgan fingerprint density at radius 3 is 2.88 bits per heavy atom. The van der Waals surface area contributed by atoms with Crippen LogP contribution in [0.4, 0.5) is 0 Å². The second-order valence-corrected chi connectivity index (χ2v) is 6.36. The van der Waals surface area contributed by atoms with Gasteiger partial charge in [-0.25, -0.2) is 4.98 Å². The van der Waals surface area contributed by atoms with Crippen molar-refractivity contribution in [2.75, 3.05) is 13.2 Å². The number of carbonyl (C=O) groups is 1. The molecule has 1 N–H and O–H groups in total. The number of imidazole rings is 1. The van der Waals surface area contributed by atoms with E-state index in [2.05, 4.69) is 35.0 Å². The number of nitrogens with one attached hydrogen (secondary N) is 1. The summed E-state index contributed by atoms with van der Waals surface area (Å²) in [6.07, 6.45) is 3.45. The number of unbranched alkanes of at least 4 members (excludes halogenated alkanes) is 1. The van der Waals surface area contributed by atoms with Crippen molar-refractivity contribution in [3.05, 3.63) is 59.9 Å². The number of aromatic nitrogens is 2. The standard InChI is InChI=1S/C21H25N3O2/c1-17-7-6-8-18(15-17)26-14-5-4-13-24-20-10-3-2-9-19(20)23-21(24)11-12-22-16-25/h2-3,6-10,15-16H,4-5,11-14H2,1H3,(H,22,25). The molecule has 5 heteroatoms. The molecule has 0 saturated carbocycles. The maximum absolute atomic E-state index is 10.5. The average Bonchev–Trinajstić information content (AvgIpc) is 2.99. The lowest BCUT2D eigenvalue weighted by Gasteiger charge is -2.10. The number of ether oxygens (including phenoxy) is 1. The zero-order chi connectivity index (χ0) is 18.2. The second kappa shape index (κ2) is 9.04. The Labute approximate surface area is 154 Å². The molecule has 136 valence electrons. The molecular formula is C21H25N3O2. The number of hydrogen-bond donors (Lipinski definition) is 1. The lowest BCUT2D eigenvalue weighted by atomic mass is 10.2. The highest BCUT2D eigenvalue weighted by molar-refractivity contribution is 5.75. The monoisotopic (exact) mass is 351 g/mol. The van der Waals surface area contributed by atoms with Crippen molar-refractivity contribution in [2.45, 2.75) is 32.7 Å². The number of benzene rings is 2. The fourth-order valence-corrected chi connectivity index (χ4v) is 3.08. The van der Waals surface area contributed by atoms with E-state index in [1.54, 1.807) is 0 Å². The van der Waals surface area contributed by atoms with Gasteiger partial charge in [0.25, 0.3) is 0 Å². The first kappa shape index (κ1) is 18.0. The van der Waals surface area contributed by atoms with Gasteiger partial charge in [-0.3, -0.25) is 4.79 Å². The van der Waals surface area contributed by atoms with Crippen LogP contribution < -0.4 is 10.1 Å². The Morgan fingerprint density at radius 2 is 2.04 bits per heavy atom. The molecule has 0 radical (unpaired) electrons. The maximum atomic E-state index is 10.5. The smallest absolute Gasteiger partial charge is 0.207 e. The van der Waals surface area contributed by atoms with Crippen LogP contribution in [0.2, 0.25) is 0 Å². The zero-order valence-electron chi connectivity index (χ0n) is 15.1. The molecule has 1 amide bonds. The van der Waals surface area contributed by atoms with Crippen molar-refractivity contribution in [1.82, 2.24) is 14.9 Å². The summed E-state index contributed by atoms with van der Waals surface area (Å²) < 4.78 is 8.09. The van der Waals surface area contributed by atoms with Gasteiger partial charge in [0.1, 0.15) is 11.6 Å². The number of amides is 1. The molecule has 0 spiro atoms. The minimum absolute atomic E-state index is 0.600. The summed E-state index contributed by atoms with van der Waals surface area (Å²) in [5, 5.41) is 2.71. The lowest BCUT2D eigenvalue weighted by Crippen LogP contribution is -2.17. The molecule has 0 aliphatic carbocycles. The van der Waals surface area contributed by atoms with Crippen molar-refractivity contribution in [1.29, 1.82) is 0 Å². The van der Waals surface area contributed by atoms with Crippen LogP contribution in [0.1, 0.15) is 24.2 Å². The Kier molecular flexibility index (Phi) is 6.25. The minimum atomic E-state index is 0.600. The molecule has 0 saturated heterocycles. The highest BCUT2D eigenvalue weighted by atomic mass is 16.5. The zero-order valence-corrected chi connectivity index (χ0v) is 15.1. The first-order chi connectivity index (χ1) is 12.8. The van der Waals surface area contributed by atoms with Crippen LogP contribution in [0.5, 0.6) is 5.75 Å². The molecule has 5 nitrogen and oxygen atoms in total. The number of carbonyl (C=O) groups excluding carboxylic acids is 1. The summed E-state index contributed by atoms with van der Waals surface area (Å²) in [6, 6.07) is 16.3. The molecule has 26 heavy (non-hydrogen) atoms. The summed E-state index contributed by atoms with van der Waals surface area (Å²) in [7, 11) is 0. The molecule has 1 heterocycles. The fourth-order valence-electron chi connectivity index (χ4n) is 3.08. The number of fused-ring (bicyclic) bond motifs is 1. The average molecular weight is 351 g/mol. The van der Waals surface area contributed by atoms with E-state index in [1.165, 1.54) is 5.56 Å². The summed E-state index contributed by atoms with van der Waals surface area (Å²) >= 11 is 0. The van der Waals surface area contributed by atoms with Gasteiger partial charge in [0.15, 0.2) is 0 Å². The largest absolute Gasteiger partial charge is 0.494 e. The Bertz CT molecular complexity index is 857. The van der Waals surface area contributed by atoms with Crippen LogP contribution >= 0.6 is 0 Å². The van der Waals surface area contributed by atoms with Crippen LogP contribution in [0, 0.1) is 6.92 Å². The topological polar surface area (TPSA) is 56.1 Å². The number of aryl methyl sites for hydroxylation is 2. The van der Waals surface area contributed by atoms with E-state index in [4.69, 9.17) is 9.72 Å². The fraction of sp³-hybridized carbons (Fsp3) is 0.333. The third kappa shape index (κ3) is 4.63. The number of hydrogen-bond acceptors (Lipinski definition) is 3. The second-order valence-electron chi connectivity index (χ2n) is 6.36. The van der Waals surface area contributed by atoms with Crippen LogP contribution in [0.3, 0.4) is 0 Å². The Balaban J connectivity index is 1.57. The Morgan fingerprint density at radius 1 is 1.15 bits per heavy atom. The van der Waals surface area contributed by atoms with Crippen LogP contribution in [-0.4, -0.2) is 29.1 Å². The maximum Gasteiger partial charge on any atom is 0.207 e. The SMILES string of the molecule is Cc1cccc(OCCCCn2c(CCNC=O)nc3ccccc32)c1. The summed E-state index contributed by atoms with van der Waals surface area (Å²) in [6.45, 7) is 4.27. The van der Waals surface area contributed by atoms with Crippen LogP contribution in [-0.2, 0) is 17.8 Å². The predicted octanol–water partition coefficient (Wildman–Crippen LogP) is 3.49. The van der Waals surface area contributed by atoms with Crippen molar-refractivity contribution in [2.24, 2.45) is 0 Å². The first-order valence-electron chi connectivity index (χ1n) is 9.08. The normalized spacial score (nSPS) is 10.8. The van der Waals surface area contributed by atoms with E-state index in [-0.39, 0.29) is 0 Å². The summed E-state index contributed by atoms with van der Waals surface area (Å²) in [5.74, 6) is 1.94. The number of rotatable bonds is 10. The van der Waals surface area contributed by atoms with E-state index >= 15 is 0 Å². The quantitative estimate of drug-likeness (QED) is 0.449. The van der Waals surface area contributed by atoms with Crippen LogP contribution in [0.25, 0.3) is 11.0 Å². The van der Waals surface area contributed by atoms with Gasteiger partial charge in [-0.1, -0.05) is 24.3 Å². The Hall–Kier alpha value is -2.82. The third-order valence-electron chi connectivity index (χ3n) is 4.34. The van der Waals surface area contributed by atoms with E-state index in [0.717, 1.165) is 54.8 Å². The summed E-state index contributed by atoms with van der Waals surface area (Å²) in [4.78, 5) is 15.2. The molecule has 0 bridgehead atoms. The van der Waals surface area contributed by atoms with Gasteiger partial charge in [-0.05, 0) is 49.6 Å². The molecule has 0 aliphatic heterocycles. The molecule has 0 atom stereocenters. The predicted molar refractivity (Wildman–Crippen MR) is 103 cm³/mol. The molecule has 2 aromatic carbocycles. The molecule has 3 aromatic rings. The number of para-hydroxylation sites is 2. The summed E-state index contributed by atoms with van der Waals surface area (Å²) in [5.41, 5.74) is 3.36. The molecule has 3 rings (SSSR count). The van der Waals surface area contributed by atoms with Crippen molar-refractivity contribution >= 4 is 17.4 Å². The van der Waals surface area contributed by atoms with E-state index in [9.17, 15) is 4.79 Å². The lowest BCUT2D eigenvalue weighted by molar-refractivity contribution is -0.109. The third-order valence-corrected chi connectivity index (χ3v) is 4.34. The minimum Gasteiger partial charge on any atom is -0.494 e. The van der Waals surface area contributed by atoms with Gasteiger partial charge in [0.05, 0.1) is 17.6 Å². The van der Waals surface area contributed by atoms with E-state index in [1.807, 2.05) is 30.3 Å².